The van der Waals surface area contributed by atoms with Crippen LogP contribution in [0.1, 0.15) is 6.92 Å². The third-order valence-electron chi connectivity index (χ3n) is 2.01. The van der Waals surface area contributed by atoms with Gasteiger partial charge < -0.3 is 20.4 Å². The minimum Gasteiger partial charge on any atom is -0.387 e. The van der Waals surface area contributed by atoms with Gasteiger partial charge in [-0.2, -0.15) is 0 Å². The van der Waals surface area contributed by atoms with E-state index in [1.807, 2.05) is 0 Å². The van der Waals surface area contributed by atoms with Crippen LogP contribution in [-0.4, -0.2) is 44.3 Å². The maximum Gasteiger partial charge on any atom is 0.120 e. The van der Waals surface area contributed by atoms with Gasteiger partial charge in [0.15, 0.2) is 0 Å². The van der Waals surface area contributed by atoms with E-state index in [-0.39, 0.29) is 0 Å². The second-order valence-corrected chi connectivity index (χ2v) is 2.99. The first-order valence-electron chi connectivity index (χ1n) is 3.41. The Bertz CT molecular complexity index is 175. The zero-order valence-electron chi connectivity index (χ0n) is 6.18. The molecular weight excluding hydrogens is 148 g/mol. The highest BCUT2D eigenvalue weighted by molar-refractivity contribution is 5.13. The molecule has 0 bridgehead atoms. The van der Waals surface area contributed by atoms with E-state index < -0.39 is 23.9 Å². The van der Waals surface area contributed by atoms with E-state index in [1.54, 1.807) is 0 Å². The summed E-state index contributed by atoms with van der Waals surface area (Å²) in [6.45, 7) is 1.27. The van der Waals surface area contributed by atoms with Crippen LogP contribution in [0.3, 0.4) is 0 Å². The highest BCUT2D eigenvalue weighted by atomic mass is 16.4. The first-order valence-corrected chi connectivity index (χ1v) is 3.41. The van der Waals surface area contributed by atoms with E-state index >= 15 is 0 Å². The van der Waals surface area contributed by atoms with Gasteiger partial charge in [-0.1, -0.05) is 12.2 Å². The molecule has 64 valence electrons. The molecule has 1 aliphatic rings. The molecule has 1 rings (SSSR count). The summed E-state index contributed by atoms with van der Waals surface area (Å²) in [5, 5.41) is 36.7. The normalized spacial score (nSPS) is 51.2. The Morgan fingerprint density at radius 2 is 1.73 bits per heavy atom. The molecule has 0 heterocycles. The standard InChI is InChI=1S/C7H12O4/c1-7(11)5(9)3-2-4(8)6(7)10/h2-6,8-11H,1H3/t4-,5+,6-,7+/m0/s1. The van der Waals surface area contributed by atoms with E-state index in [9.17, 15) is 5.11 Å². The molecule has 0 spiro atoms. The fourth-order valence-electron chi connectivity index (χ4n) is 1.04. The Morgan fingerprint density at radius 1 is 1.18 bits per heavy atom. The number of hydrogen-bond acceptors (Lipinski definition) is 4. The molecule has 11 heavy (non-hydrogen) atoms. The summed E-state index contributed by atoms with van der Waals surface area (Å²) < 4.78 is 0. The first kappa shape index (κ1) is 8.67. The average Bonchev–Trinajstić information content (AvgIpc) is 1.95. The first-order chi connectivity index (χ1) is 4.96. The zero-order valence-corrected chi connectivity index (χ0v) is 6.18. The van der Waals surface area contributed by atoms with Crippen molar-refractivity contribution in [2.45, 2.75) is 30.8 Å². The summed E-state index contributed by atoms with van der Waals surface area (Å²) >= 11 is 0. The number of aliphatic hydroxyl groups is 4. The van der Waals surface area contributed by atoms with Gasteiger partial charge in [0, 0.05) is 0 Å². The van der Waals surface area contributed by atoms with Crippen LogP contribution in [0.5, 0.6) is 0 Å². The highest BCUT2D eigenvalue weighted by Crippen LogP contribution is 2.23. The predicted octanol–water partition coefficient (Wildman–Crippen LogP) is -1.61. The molecule has 4 heteroatoms. The third kappa shape index (κ3) is 1.30. The SMILES string of the molecule is C[C@@]1(O)[C@H](O)C=C[C@H](O)[C@@H]1O. The lowest BCUT2D eigenvalue weighted by molar-refractivity contribution is -0.153. The molecule has 0 fully saturated rings. The van der Waals surface area contributed by atoms with Gasteiger partial charge in [0.05, 0.1) is 0 Å². The molecule has 4 N–H and O–H groups in total. The molecule has 0 aliphatic heterocycles. The number of hydrogen-bond donors (Lipinski definition) is 4. The minimum atomic E-state index is -1.66. The van der Waals surface area contributed by atoms with Crippen molar-refractivity contribution >= 4 is 0 Å². The van der Waals surface area contributed by atoms with Crippen LogP contribution < -0.4 is 0 Å². The Labute approximate surface area is 64.4 Å². The summed E-state index contributed by atoms with van der Waals surface area (Å²) in [5.41, 5.74) is -1.66. The summed E-state index contributed by atoms with van der Waals surface area (Å²) in [6.07, 6.45) is -1.04. The van der Waals surface area contributed by atoms with Crippen molar-refractivity contribution < 1.29 is 20.4 Å². The summed E-state index contributed by atoms with van der Waals surface area (Å²) in [7, 11) is 0. The zero-order chi connectivity index (χ0) is 8.65. The Hall–Kier alpha value is -0.420. The van der Waals surface area contributed by atoms with Crippen molar-refractivity contribution in [1.82, 2.24) is 0 Å². The second-order valence-electron chi connectivity index (χ2n) is 2.99. The third-order valence-corrected chi connectivity index (χ3v) is 2.01. The van der Waals surface area contributed by atoms with Crippen LogP contribution >= 0.6 is 0 Å². The predicted molar refractivity (Wildman–Crippen MR) is 37.8 cm³/mol. The molecule has 0 aromatic rings. The van der Waals surface area contributed by atoms with E-state index in [4.69, 9.17) is 15.3 Å². The molecule has 0 aromatic heterocycles. The Morgan fingerprint density at radius 3 is 2.18 bits per heavy atom. The van der Waals surface area contributed by atoms with Crippen molar-refractivity contribution in [3.63, 3.8) is 0 Å². The molecule has 0 unspecified atom stereocenters. The van der Waals surface area contributed by atoms with Crippen molar-refractivity contribution in [2.75, 3.05) is 0 Å². The molecule has 0 saturated heterocycles. The van der Waals surface area contributed by atoms with Crippen LogP contribution in [0, 0.1) is 0 Å². The lowest BCUT2D eigenvalue weighted by Gasteiger charge is -2.37. The van der Waals surface area contributed by atoms with Crippen molar-refractivity contribution in [2.24, 2.45) is 0 Å². The molecule has 0 aromatic carbocycles. The van der Waals surface area contributed by atoms with Crippen molar-refractivity contribution in [3.05, 3.63) is 12.2 Å². The van der Waals surface area contributed by atoms with Crippen LogP contribution in [0.15, 0.2) is 12.2 Å². The van der Waals surface area contributed by atoms with Gasteiger partial charge in [-0.25, -0.2) is 0 Å². The molecule has 1 aliphatic carbocycles. The minimum absolute atomic E-state index is 1.10. The average molecular weight is 160 g/mol. The quantitative estimate of drug-likeness (QED) is 0.321. The van der Waals surface area contributed by atoms with E-state index in [0.717, 1.165) is 0 Å². The van der Waals surface area contributed by atoms with Crippen LogP contribution in [-0.2, 0) is 0 Å². The van der Waals surface area contributed by atoms with E-state index in [2.05, 4.69) is 0 Å². The van der Waals surface area contributed by atoms with Crippen LogP contribution in [0.25, 0.3) is 0 Å². The number of aliphatic hydroxyl groups excluding tert-OH is 3. The van der Waals surface area contributed by atoms with Gasteiger partial charge in [0.2, 0.25) is 0 Å². The van der Waals surface area contributed by atoms with Gasteiger partial charge in [0.25, 0.3) is 0 Å². The molecule has 0 amide bonds. The summed E-state index contributed by atoms with van der Waals surface area (Å²) in [5.74, 6) is 0. The van der Waals surface area contributed by atoms with Gasteiger partial charge in [0.1, 0.15) is 23.9 Å². The van der Waals surface area contributed by atoms with Gasteiger partial charge in [-0.3, -0.25) is 0 Å². The lowest BCUT2D eigenvalue weighted by atomic mass is 9.84. The maximum absolute atomic E-state index is 9.37. The van der Waals surface area contributed by atoms with Gasteiger partial charge in [-0.15, -0.1) is 0 Å². The molecular formula is C7H12O4. The summed E-state index contributed by atoms with van der Waals surface area (Å²) in [6, 6.07) is 0. The largest absolute Gasteiger partial charge is 0.387 e. The second kappa shape index (κ2) is 2.57. The molecule has 4 nitrogen and oxygen atoms in total. The van der Waals surface area contributed by atoms with Crippen LogP contribution in [0.2, 0.25) is 0 Å². The van der Waals surface area contributed by atoms with E-state index in [1.165, 1.54) is 19.1 Å². The topological polar surface area (TPSA) is 80.9 Å². The summed E-state index contributed by atoms with van der Waals surface area (Å²) in [4.78, 5) is 0. The maximum atomic E-state index is 9.37. The fraction of sp³-hybridized carbons (Fsp3) is 0.714. The molecule has 0 radical (unpaired) electrons. The van der Waals surface area contributed by atoms with Gasteiger partial charge in [-0.05, 0) is 6.92 Å². The monoisotopic (exact) mass is 160 g/mol. The fourth-order valence-corrected chi connectivity index (χ4v) is 1.04. The highest BCUT2D eigenvalue weighted by Gasteiger charge is 2.42. The number of rotatable bonds is 0. The van der Waals surface area contributed by atoms with Crippen LogP contribution in [0.4, 0.5) is 0 Å². The smallest absolute Gasteiger partial charge is 0.120 e. The van der Waals surface area contributed by atoms with Crippen molar-refractivity contribution in [3.8, 4) is 0 Å². The lowest BCUT2D eigenvalue weighted by Crippen LogP contribution is -2.55. The molecule has 0 saturated carbocycles. The molecule has 4 atom stereocenters. The Balaban J connectivity index is 2.88. The Kier molecular flexibility index (Phi) is 2.02. The van der Waals surface area contributed by atoms with Crippen molar-refractivity contribution in [1.29, 1.82) is 0 Å². The van der Waals surface area contributed by atoms with E-state index in [0.29, 0.717) is 0 Å². The van der Waals surface area contributed by atoms with Gasteiger partial charge >= 0.3 is 0 Å².